The van der Waals surface area contributed by atoms with Gasteiger partial charge in [0.25, 0.3) is 0 Å². The summed E-state index contributed by atoms with van der Waals surface area (Å²) in [6.07, 6.45) is 0.605. The van der Waals surface area contributed by atoms with E-state index in [2.05, 4.69) is 5.92 Å². The van der Waals surface area contributed by atoms with Crippen LogP contribution in [-0.2, 0) is 66.5 Å². The molecule has 1 fully saturated rings. The lowest BCUT2D eigenvalue weighted by atomic mass is 9.99. The van der Waals surface area contributed by atoms with Crippen molar-refractivity contribution in [3.05, 3.63) is 0 Å². The third-order valence-corrected chi connectivity index (χ3v) is 6.24. The maximum Gasteiger partial charge on any atom is 0.303 e. The Kier molecular flexibility index (Phi) is 20.6. The predicted octanol–water partition coefficient (Wildman–Crippen LogP) is 0.519. The first kappa shape index (κ1) is 37.6. The zero-order valence-electron chi connectivity index (χ0n) is 24.6. The second kappa shape index (κ2) is 23.1. The molecule has 1 saturated heterocycles. The maximum atomic E-state index is 11.9. The molecule has 0 aromatic rings. The van der Waals surface area contributed by atoms with Gasteiger partial charge < -0.3 is 47.4 Å². The van der Waals surface area contributed by atoms with E-state index in [1.54, 1.807) is 0 Å². The van der Waals surface area contributed by atoms with Gasteiger partial charge in [-0.3, -0.25) is 19.2 Å². The predicted molar refractivity (Wildman–Crippen MR) is 147 cm³/mol. The van der Waals surface area contributed by atoms with Crippen molar-refractivity contribution in [3.8, 4) is 12.3 Å². The second-order valence-corrected chi connectivity index (χ2v) is 9.85. The third-order valence-electron chi connectivity index (χ3n) is 5.13. The van der Waals surface area contributed by atoms with Crippen molar-refractivity contribution in [2.75, 3.05) is 78.4 Å². The minimum Gasteiger partial charge on any atom is -0.463 e. The highest BCUT2D eigenvalue weighted by atomic mass is 32.2. The fraction of sp³-hybridized carbons (Fsp3) is 0.778. The van der Waals surface area contributed by atoms with Crippen LogP contribution in [0.2, 0.25) is 0 Å². The van der Waals surface area contributed by atoms with Gasteiger partial charge in [0.1, 0.15) is 24.8 Å². The SMILES string of the molecule is C#CCOCCOCCOCCOCCOCCS[C@@H]1O[C@H](COC(C)=O)[C@H](OC(C)=O)[C@H](OC(C)=O)[C@H]1OC(C)=O. The minimum absolute atomic E-state index is 0.266. The van der Waals surface area contributed by atoms with E-state index in [0.717, 1.165) is 0 Å². The summed E-state index contributed by atoms with van der Waals surface area (Å²) in [5.74, 6) is 0.182. The average Bonchev–Trinajstić information content (AvgIpc) is 2.91. The number of esters is 4. The van der Waals surface area contributed by atoms with Crippen molar-refractivity contribution < 1.29 is 66.5 Å². The normalized spacial score (nSPS) is 21.6. The van der Waals surface area contributed by atoms with Crippen molar-refractivity contribution in [3.63, 3.8) is 0 Å². The highest BCUT2D eigenvalue weighted by Crippen LogP contribution is 2.34. The largest absolute Gasteiger partial charge is 0.463 e. The molecule has 42 heavy (non-hydrogen) atoms. The van der Waals surface area contributed by atoms with Crippen molar-refractivity contribution in [2.24, 2.45) is 0 Å². The molecule has 240 valence electrons. The Morgan fingerprint density at radius 1 is 0.643 bits per heavy atom. The lowest BCUT2D eigenvalue weighted by Crippen LogP contribution is -2.61. The number of thioether (sulfide) groups is 1. The molecular weight excluding hydrogens is 580 g/mol. The minimum atomic E-state index is -1.20. The van der Waals surface area contributed by atoms with E-state index in [1.165, 1.54) is 39.5 Å². The molecule has 0 radical (unpaired) electrons. The Morgan fingerprint density at radius 2 is 1.10 bits per heavy atom. The highest BCUT2D eigenvalue weighted by molar-refractivity contribution is 7.99. The lowest BCUT2D eigenvalue weighted by Gasteiger charge is -2.44. The van der Waals surface area contributed by atoms with Crippen LogP contribution in [0.3, 0.4) is 0 Å². The second-order valence-electron chi connectivity index (χ2n) is 8.64. The summed E-state index contributed by atoms with van der Waals surface area (Å²) in [6.45, 7) is 8.31. The molecule has 0 aromatic carbocycles. The molecule has 0 unspecified atom stereocenters. The number of carbonyl (C=O) groups excluding carboxylic acids is 4. The quantitative estimate of drug-likeness (QED) is 0.0711. The van der Waals surface area contributed by atoms with Gasteiger partial charge in [-0.25, -0.2) is 0 Å². The van der Waals surface area contributed by atoms with E-state index in [4.69, 9.17) is 53.8 Å². The summed E-state index contributed by atoms with van der Waals surface area (Å²) in [6, 6.07) is 0. The molecular formula is C27H42O14S. The monoisotopic (exact) mass is 622 g/mol. The molecule has 0 spiro atoms. The molecule has 1 aliphatic heterocycles. The Bertz CT molecular complexity index is 847. The van der Waals surface area contributed by atoms with Crippen LogP contribution >= 0.6 is 11.8 Å². The lowest BCUT2D eigenvalue weighted by molar-refractivity contribution is -0.237. The molecule has 0 saturated carbocycles. The van der Waals surface area contributed by atoms with E-state index in [0.29, 0.717) is 65.2 Å². The third kappa shape index (κ3) is 17.5. The molecule has 15 heteroatoms. The van der Waals surface area contributed by atoms with Crippen molar-refractivity contribution in [1.29, 1.82) is 0 Å². The van der Waals surface area contributed by atoms with E-state index in [1.807, 2.05) is 0 Å². The average molecular weight is 623 g/mol. The van der Waals surface area contributed by atoms with Gasteiger partial charge in [-0.05, 0) is 0 Å². The maximum absolute atomic E-state index is 11.9. The van der Waals surface area contributed by atoms with Gasteiger partial charge in [-0.1, -0.05) is 5.92 Å². The summed E-state index contributed by atoms with van der Waals surface area (Å²) in [7, 11) is 0. The van der Waals surface area contributed by atoms with E-state index < -0.39 is 53.7 Å². The van der Waals surface area contributed by atoms with Crippen LogP contribution in [0.5, 0.6) is 0 Å². The topological polar surface area (TPSA) is 161 Å². The summed E-state index contributed by atoms with van der Waals surface area (Å²) in [5, 5.41) is 0. The molecule has 1 aliphatic rings. The molecule has 1 heterocycles. The first-order valence-corrected chi connectivity index (χ1v) is 14.4. The Morgan fingerprint density at radius 3 is 1.57 bits per heavy atom. The molecule has 0 N–H and O–H groups in total. The van der Waals surface area contributed by atoms with Crippen LogP contribution in [0.4, 0.5) is 0 Å². The molecule has 14 nitrogen and oxygen atoms in total. The number of rotatable bonds is 22. The number of terminal acetylenes is 1. The zero-order valence-corrected chi connectivity index (χ0v) is 25.4. The molecule has 1 rings (SSSR count). The molecule has 0 amide bonds. The zero-order chi connectivity index (χ0) is 31.2. The number of carbonyl (C=O) groups is 4. The van der Waals surface area contributed by atoms with Crippen molar-refractivity contribution in [2.45, 2.75) is 57.5 Å². The van der Waals surface area contributed by atoms with Crippen LogP contribution in [0.25, 0.3) is 0 Å². The Balaban J connectivity index is 2.46. The van der Waals surface area contributed by atoms with Crippen LogP contribution in [0.1, 0.15) is 27.7 Å². The van der Waals surface area contributed by atoms with Crippen LogP contribution in [0.15, 0.2) is 0 Å². The van der Waals surface area contributed by atoms with Gasteiger partial charge >= 0.3 is 23.9 Å². The highest BCUT2D eigenvalue weighted by Gasteiger charge is 2.52. The van der Waals surface area contributed by atoms with Crippen molar-refractivity contribution >= 4 is 35.6 Å². The van der Waals surface area contributed by atoms with E-state index >= 15 is 0 Å². The smallest absolute Gasteiger partial charge is 0.303 e. The first-order chi connectivity index (χ1) is 20.1. The van der Waals surface area contributed by atoms with Crippen molar-refractivity contribution in [1.82, 2.24) is 0 Å². The van der Waals surface area contributed by atoms with Crippen LogP contribution in [-0.4, -0.2) is 132 Å². The molecule has 5 atom stereocenters. The van der Waals surface area contributed by atoms with E-state index in [-0.39, 0.29) is 13.2 Å². The summed E-state index contributed by atoms with van der Waals surface area (Å²) in [5.41, 5.74) is -0.845. The first-order valence-electron chi connectivity index (χ1n) is 13.4. The van der Waals surface area contributed by atoms with Crippen LogP contribution < -0.4 is 0 Å². The van der Waals surface area contributed by atoms with Crippen LogP contribution in [0, 0.1) is 12.3 Å². The number of hydrogen-bond donors (Lipinski definition) is 0. The number of hydrogen-bond acceptors (Lipinski definition) is 15. The standard InChI is InChI=1S/C27H42O14S/c1-6-7-32-8-9-33-10-11-34-12-13-35-14-15-36-16-17-42-27-26(40-22(5)31)25(39-21(4)30)24(38-20(3)29)23(41-27)18-37-19(2)28/h1,23-27H,7-18H2,2-5H3/t23-,24+,25+,26-,27+/m1/s1. The Hall–Kier alpha value is -2.45. The van der Waals surface area contributed by atoms with Gasteiger partial charge in [-0.15, -0.1) is 18.2 Å². The summed E-state index contributed by atoms with van der Waals surface area (Å²) in [4.78, 5) is 47.0. The molecule has 0 bridgehead atoms. The number of ether oxygens (including phenoxy) is 10. The van der Waals surface area contributed by atoms with Gasteiger partial charge in [0, 0.05) is 33.4 Å². The molecule has 0 aliphatic carbocycles. The van der Waals surface area contributed by atoms with Gasteiger partial charge in [0.2, 0.25) is 0 Å². The summed E-state index contributed by atoms with van der Waals surface area (Å²) < 4.78 is 54.2. The fourth-order valence-corrected chi connectivity index (χ4v) is 4.62. The van der Waals surface area contributed by atoms with Gasteiger partial charge in [0.15, 0.2) is 18.3 Å². The Labute approximate surface area is 250 Å². The van der Waals surface area contributed by atoms with Gasteiger partial charge in [0.05, 0.1) is 59.5 Å². The molecule has 0 aromatic heterocycles. The summed E-state index contributed by atoms with van der Waals surface area (Å²) >= 11 is 1.24. The van der Waals surface area contributed by atoms with Gasteiger partial charge in [-0.2, -0.15) is 0 Å². The fourth-order valence-electron chi connectivity index (χ4n) is 3.56. The van der Waals surface area contributed by atoms with E-state index in [9.17, 15) is 19.2 Å².